The van der Waals surface area contributed by atoms with Crippen LogP contribution in [-0.2, 0) is 4.74 Å². The Balaban J connectivity index is 2.06. The lowest BCUT2D eigenvalue weighted by atomic mass is 9.93. The van der Waals surface area contributed by atoms with Gasteiger partial charge >= 0.3 is 0 Å². The van der Waals surface area contributed by atoms with Gasteiger partial charge in [0.2, 0.25) is 0 Å². The Hall–Kier alpha value is -0.590. The number of ether oxygens (including phenoxy) is 1. The number of nitriles is 1. The van der Waals surface area contributed by atoms with Crippen LogP contribution < -0.4 is 0 Å². The van der Waals surface area contributed by atoms with Gasteiger partial charge in [0.1, 0.15) is 0 Å². The Bertz CT molecular complexity index is 261. The summed E-state index contributed by atoms with van der Waals surface area (Å²) >= 11 is 0. The van der Waals surface area contributed by atoms with Gasteiger partial charge in [0.05, 0.1) is 25.2 Å². The predicted octanol–water partition coefficient (Wildman–Crippen LogP) is 2.18. The minimum absolute atomic E-state index is 0.239. The summed E-state index contributed by atoms with van der Waals surface area (Å²) in [6.07, 6.45) is 6.10. The number of morpholine rings is 1. The third kappa shape index (κ3) is 2.56. The summed E-state index contributed by atoms with van der Waals surface area (Å²) in [6, 6.07) is 3.49. The first kappa shape index (κ1) is 11.9. The highest BCUT2D eigenvalue weighted by molar-refractivity contribution is 4.96. The van der Waals surface area contributed by atoms with Crippen molar-refractivity contribution in [3.05, 3.63) is 0 Å². The molecule has 0 bridgehead atoms. The van der Waals surface area contributed by atoms with E-state index in [1.807, 2.05) is 0 Å². The second-order valence-corrected chi connectivity index (χ2v) is 5.10. The lowest BCUT2D eigenvalue weighted by molar-refractivity contribution is -0.0312. The van der Waals surface area contributed by atoms with E-state index in [0.29, 0.717) is 12.1 Å². The first-order valence-corrected chi connectivity index (χ1v) is 6.56. The third-order valence-electron chi connectivity index (χ3n) is 3.99. The van der Waals surface area contributed by atoms with E-state index in [4.69, 9.17) is 4.74 Å². The second-order valence-electron chi connectivity index (χ2n) is 5.10. The molecular formula is C13H22N2O. The predicted molar refractivity (Wildman–Crippen MR) is 63.0 cm³/mol. The highest BCUT2D eigenvalue weighted by Crippen LogP contribution is 2.29. The molecule has 2 fully saturated rings. The van der Waals surface area contributed by atoms with Crippen molar-refractivity contribution in [1.29, 1.82) is 5.26 Å². The van der Waals surface area contributed by atoms with E-state index in [2.05, 4.69) is 17.9 Å². The summed E-state index contributed by atoms with van der Waals surface area (Å²) in [5, 5.41) is 9.30. The first-order valence-electron chi connectivity index (χ1n) is 6.56. The van der Waals surface area contributed by atoms with Gasteiger partial charge in [-0.1, -0.05) is 19.3 Å². The van der Waals surface area contributed by atoms with Crippen molar-refractivity contribution in [1.82, 2.24) is 4.90 Å². The van der Waals surface area contributed by atoms with Gasteiger partial charge in [0.25, 0.3) is 0 Å². The van der Waals surface area contributed by atoms with Gasteiger partial charge in [-0.15, -0.1) is 0 Å². The summed E-state index contributed by atoms with van der Waals surface area (Å²) in [5.41, 5.74) is 0. The van der Waals surface area contributed by atoms with Gasteiger partial charge < -0.3 is 4.74 Å². The van der Waals surface area contributed by atoms with Crippen LogP contribution in [-0.4, -0.2) is 36.7 Å². The standard InChI is InChI=1S/C13H22N2O/c1-11-10-16-8-7-15(11)13-6-4-2-3-5-12(13)9-14/h11-13H,2-8,10H2,1H3. The maximum Gasteiger partial charge on any atom is 0.0672 e. The summed E-state index contributed by atoms with van der Waals surface area (Å²) < 4.78 is 5.48. The van der Waals surface area contributed by atoms with Gasteiger partial charge in [-0.2, -0.15) is 5.26 Å². The maximum atomic E-state index is 9.30. The largest absolute Gasteiger partial charge is 0.379 e. The van der Waals surface area contributed by atoms with Gasteiger partial charge in [-0.3, -0.25) is 4.90 Å². The molecule has 3 atom stereocenters. The summed E-state index contributed by atoms with van der Waals surface area (Å²) in [5.74, 6) is 0.239. The van der Waals surface area contributed by atoms with E-state index in [-0.39, 0.29) is 5.92 Å². The van der Waals surface area contributed by atoms with Gasteiger partial charge in [-0.25, -0.2) is 0 Å². The Kier molecular flexibility index (Phi) is 4.20. The fourth-order valence-corrected chi connectivity index (χ4v) is 3.07. The zero-order valence-electron chi connectivity index (χ0n) is 10.2. The molecule has 1 saturated carbocycles. The summed E-state index contributed by atoms with van der Waals surface area (Å²) in [4.78, 5) is 2.52. The average molecular weight is 222 g/mol. The van der Waals surface area contributed by atoms with Crippen molar-refractivity contribution >= 4 is 0 Å². The molecule has 16 heavy (non-hydrogen) atoms. The number of rotatable bonds is 1. The van der Waals surface area contributed by atoms with E-state index in [0.717, 1.165) is 26.2 Å². The lowest BCUT2D eigenvalue weighted by Gasteiger charge is -2.40. The van der Waals surface area contributed by atoms with Gasteiger partial charge in [0.15, 0.2) is 0 Å². The molecule has 1 saturated heterocycles. The molecule has 1 heterocycles. The monoisotopic (exact) mass is 222 g/mol. The van der Waals surface area contributed by atoms with Crippen LogP contribution in [0.3, 0.4) is 0 Å². The highest BCUT2D eigenvalue weighted by atomic mass is 16.5. The minimum Gasteiger partial charge on any atom is -0.379 e. The molecule has 90 valence electrons. The van der Waals surface area contributed by atoms with E-state index >= 15 is 0 Å². The zero-order valence-corrected chi connectivity index (χ0v) is 10.2. The van der Waals surface area contributed by atoms with Crippen molar-refractivity contribution in [3.8, 4) is 6.07 Å². The highest BCUT2D eigenvalue weighted by Gasteiger charge is 2.32. The molecule has 0 spiro atoms. The van der Waals surface area contributed by atoms with Crippen molar-refractivity contribution in [2.24, 2.45) is 5.92 Å². The lowest BCUT2D eigenvalue weighted by Crippen LogP contribution is -2.51. The molecular weight excluding hydrogens is 200 g/mol. The molecule has 2 aliphatic rings. The molecule has 0 amide bonds. The molecule has 0 N–H and O–H groups in total. The number of hydrogen-bond donors (Lipinski definition) is 0. The molecule has 0 aromatic carbocycles. The van der Waals surface area contributed by atoms with Crippen LogP contribution in [0.2, 0.25) is 0 Å². The van der Waals surface area contributed by atoms with Crippen molar-refractivity contribution < 1.29 is 4.74 Å². The Morgan fingerprint density at radius 2 is 2.06 bits per heavy atom. The molecule has 1 aliphatic carbocycles. The number of nitrogens with zero attached hydrogens (tertiary/aromatic N) is 2. The van der Waals surface area contributed by atoms with Crippen molar-refractivity contribution in [2.45, 2.75) is 51.1 Å². The third-order valence-corrected chi connectivity index (χ3v) is 3.99. The fourth-order valence-electron chi connectivity index (χ4n) is 3.07. The number of hydrogen-bond acceptors (Lipinski definition) is 3. The maximum absolute atomic E-state index is 9.30. The molecule has 1 aliphatic heterocycles. The first-order chi connectivity index (χ1) is 7.83. The van der Waals surface area contributed by atoms with E-state index < -0.39 is 0 Å². The second kappa shape index (κ2) is 5.65. The summed E-state index contributed by atoms with van der Waals surface area (Å²) in [7, 11) is 0. The Morgan fingerprint density at radius 1 is 1.25 bits per heavy atom. The smallest absolute Gasteiger partial charge is 0.0672 e. The molecule has 3 heteroatoms. The Labute approximate surface area is 98.4 Å². The van der Waals surface area contributed by atoms with Gasteiger partial charge in [-0.05, 0) is 19.8 Å². The van der Waals surface area contributed by atoms with Crippen LogP contribution >= 0.6 is 0 Å². The molecule has 3 unspecified atom stereocenters. The molecule has 0 aromatic rings. The van der Waals surface area contributed by atoms with E-state index in [9.17, 15) is 5.26 Å². The Morgan fingerprint density at radius 3 is 2.81 bits per heavy atom. The minimum atomic E-state index is 0.239. The van der Waals surface area contributed by atoms with Crippen LogP contribution in [0.25, 0.3) is 0 Å². The quantitative estimate of drug-likeness (QED) is 0.638. The van der Waals surface area contributed by atoms with E-state index in [1.165, 1.54) is 25.7 Å². The summed E-state index contributed by atoms with van der Waals surface area (Å²) in [6.45, 7) is 4.89. The zero-order chi connectivity index (χ0) is 11.4. The SMILES string of the molecule is CC1COCCN1C1CCCCCC1C#N. The van der Waals surface area contributed by atoms with Crippen molar-refractivity contribution in [3.63, 3.8) is 0 Å². The van der Waals surface area contributed by atoms with Crippen LogP contribution in [0.5, 0.6) is 0 Å². The molecule has 2 rings (SSSR count). The van der Waals surface area contributed by atoms with Crippen LogP contribution in [0, 0.1) is 17.2 Å². The topological polar surface area (TPSA) is 36.3 Å². The average Bonchev–Trinajstić information content (AvgIpc) is 2.54. The van der Waals surface area contributed by atoms with Crippen molar-refractivity contribution in [2.75, 3.05) is 19.8 Å². The van der Waals surface area contributed by atoms with Crippen LogP contribution in [0.15, 0.2) is 0 Å². The fraction of sp³-hybridized carbons (Fsp3) is 0.923. The van der Waals surface area contributed by atoms with Crippen LogP contribution in [0.4, 0.5) is 0 Å². The van der Waals surface area contributed by atoms with E-state index in [1.54, 1.807) is 0 Å². The molecule has 0 radical (unpaired) electrons. The normalized spacial score (nSPS) is 37.6. The van der Waals surface area contributed by atoms with Gasteiger partial charge in [0, 0.05) is 18.6 Å². The van der Waals surface area contributed by atoms with Crippen LogP contribution in [0.1, 0.15) is 39.0 Å². The molecule has 0 aromatic heterocycles. The molecule has 3 nitrogen and oxygen atoms in total.